The molecule has 1 heterocycles. The van der Waals surface area contributed by atoms with Crippen molar-refractivity contribution in [1.82, 2.24) is 4.98 Å². The highest BCUT2D eigenvalue weighted by molar-refractivity contribution is 7.13. The van der Waals surface area contributed by atoms with Gasteiger partial charge < -0.3 is 5.73 Å². The van der Waals surface area contributed by atoms with Crippen molar-refractivity contribution in [2.75, 3.05) is 5.73 Å². The van der Waals surface area contributed by atoms with E-state index in [1.165, 1.54) is 5.56 Å². The molecule has 100 valence electrons. The third kappa shape index (κ3) is 2.45. The normalized spacial score (nSPS) is 10.7. The molecule has 0 saturated carbocycles. The first kappa shape index (κ1) is 12.9. The van der Waals surface area contributed by atoms with Crippen LogP contribution in [0.25, 0.3) is 21.8 Å². The number of para-hydroxylation sites is 1. The van der Waals surface area contributed by atoms with Crippen LogP contribution in [0.15, 0.2) is 53.9 Å². The van der Waals surface area contributed by atoms with E-state index in [0.717, 1.165) is 33.9 Å². The van der Waals surface area contributed by atoms with Gasteiger partial charge in [0.25, 0.3) is 0 Å². The van der Waals surface area contributed by atoms with Crippen LogP contribution in [-0.4, -0.2) is 4.98 Å². The maximum absolute atomic E-state index is 6.01. The van der Waals surface area contributed by atoms with Crippen molar-refractivity contribution in [3.05, 3.63) is 59.5 Å². The number of hydrogen-bond acceptors (Lipinski definition) is 3. The van der Waals surface area contributed by atoms with Crippen LogP contribution in [0.4, 0.5) is 5.69 Å². The Morgan fingerprint density at radius 2 is 1.80 bits per heavy atom. The van der Waals surface area contributed by atoms with E-state index in [1.54, 1.807) is 11.3 Å². The van der Waals surface area contributed by atoms with Gasteiger partial charge in [-0.25, -0.2) is 4.98 Å². The second-order valence-corrected chi connectivity index (χ2v) is 5.53. The van der Waals surface area contributed by atoms with Crippen LogP contribution in [0.3, 0.4) is 0 Å². The van der Waals surface area contributed by atoms with E-state index in [9.17, 15) is 0 Å². The molecule has 2 N–H and O–H groups in total. The monoisotopic (exact) mass is 280 g/mol. The van der Waals surface area contributed by atoms with Gasteiger partial charge in [-0.3, -0.25) is 0 Å². The Bertz CT molecular complexity index is 714. The molecule has 0 aliphatic rings. The topological polar surface area (TPSA) is 38.9 Å². The second-order valence-electron chi connectivity index (χ2n) is 4.68. The summed E-state index contributed by atoms with van der Waals surface area (Å²) in [5.74, 6) is 0. The van der Waals surface area contributed by atoms with E-state index in [2.05, 4.69) is 36.6 Å². The highest BCUT2D eigenvalue weighted by atomic mass is 32.1. The quantitative estimate of drug-likeness (QED) is 0.711. The molecule has 0 aliphatic heterocycles. The van der Waals surface area contributed by atoms with Gasteiger partial charge in [-0.05, 0) is 24.1 Å². The van der Waals surface area contributed by atoms with Crippen molar-refractivity contribution >= 4 is 17.0 Å². The third-order valence-electron chi connectivity index (χ3n) is 3.35. The molecule has 0 amide bonds. The maximum Gasteiger partial charge on any atom is 0.126 e. The number of nitrogen functional groups attached to an aromatic ring is 1. The summed E-state index contributed by atoms with van der Waals surface area (Å²) in [5, 5.41) is 3.06. The largest absolute Gasteiger partial charge is 0.398 e. The van der Waals surface area contributed by atoms with Crippen LogP contribution in [0, 0.1) is 0 Å². The summed E-state index contributed by atoms with van der Waals surface area (Å²) >= 11 is 1.63. The molecular formula is C17H16N2S. The minimum atomic E-state index is 0.773. The van der Waals surface area contributed by atoms with Gasteiger partial charge in [0.05, 0.1) is 5.69 Å². The Morgan fingerprint density at radius 1 is 1.05 bits per heavy atom. The predicted octanol–water partition coefficient (Wildman–Crippen LogP) is 4.62. The van der Waals surface area contributed by atoms with Gasteiger partial charge in [0.15, 0.2) is 0 Å². The summed E-state index contributed by atoms with van der Waals surface area (Å²) in [6.07, 6.45) is 1.06. The lowest BCUT2D eigenvalue weighted by Gasteiger charge is -2.01. The first-order valence-electron chi connectivity index (χ1n) is 6.67. The zero-order valence-corrected chi connectivity index (χ0v) is 12.2. The molecule has 3 rings (SSSR count). The number of nitrogens with zero attached hydrogens (tertiary/aromatic N) is 1. The average molecular weight is 280 g/mol. The molecule has 0 atom stereocenters. The molecule has 0 aliphatic carbocycles. The third-order valence-corrected chi connectivity index (χ3v) is 4.23. The number of benzene rings is 2. The molecule has 0 fully saturated rings. The first-order valence-corrected chi connectivity index (χ1v) is 7.55. The van der Waals surface area contributed by atoms with Crippen molar-refractivity contribution in [3.63, 3.8) is 0 Å². The van der Waals surface area contributed by atoms with Gasteiger partial charge in [-0.15, -0.1) is 11.3 Å². The molecule has 3 heteroatoms. The van der Waals surface area contributed by atoms with E-state index >= 15 is 0 Å². The number of hydrogen-bond donors (Lipinski definition) is 1. The summed E-state index contributed by atoms with van der Waals surface area (Å²) in [6, 6.07) is 16.4. The van der Waals surface area contributed by atoms with Crippen LogP contribution >= 0.6 is 11.3 Å². The summed E-state index contributed by atoms with van der Waals surface area (Å²) in [7, 11) is 0. The highest BCUT2D eigenvalue weighted by Gasteiger charge is 2.08. The zero-order chi connectivity index (χ0) is 13.9. The lowest BCUT2D eigenvalue weighted by Crippen LogP contribution is -1.88. The lowest BCUT2D eigenvalue weighted by atomic mass is 10.1. The summed E-state index contributed by atoms with van der Waals surface area (Å²) < 4.78 is 0. The van der Waals surface area contributed by atoms with Crippen LogP contribution in [0.2, 0.25) is 0 Å². The van der Waals surface area contributed by atoms with E-state index in [0.29, 0.717) is 0 Å². The molecule has 0 radical (unpaired) electrons. The van der Waals surface area contributed by atoms with Crippen molar-refractivity contribution in [3.8, 4) is 21.8 Å². The fraction of sp³-hybridized carbons (Fsp3) is 0.118. The van der Waals surface area contributed by atoms with Gasteiger partial charge in [0.1, 0.15) is 5.01 Å². The van der Waals surface area contributed by atoms with Gasteiger partial charge in [-0.1, -0.05) is 43.3 Å². The smallest absolute Gasteiger partial charge is 0.126 e. The second kappa shape index (κ2) is 5.47. The molecule has 20 heavy (non-hydrogen) atoms. The fourth-order valence-corrected chi connectivity index (χ4v) is 3.01. The van der Waals surface area contributed by atoms with Crippen molar-refractivity contribution in [2.45, 2.75) is 13.3 Å². The number of nitrogens with two attached hydrogens (primary N) is 1. The molecule has 0 unspecified atom stereocenters. The SMILES string of the molecule is CCc1ccc(-c2csc(-c3ccccc3N)n2)cc1. The molecule has 0 spiro atoms. The van der Waals surface area contributed by atoms with Gasteiger partial charge in [0.2, 0.25) is 0 Å². The Balaban J connectivity index is 1.95. The summed E-state index contributed by atoms with van der Waals surface area (Å²) in [4.78, 5) is 4.71. The number of aryl methyl sites for hydroxylation is 1. The molecule has 1 aromatic heterocycles. The van der Waals surface area contributed by atoms with Crippen LogP contribution in [-0.2, 0) is 6.42 Å². The standard InChI is InChI=1S/C17H16N2S/c1-2-12-7-9-13(10-8-12)16-11-20-17(19-16)14-5-3-4-6-15(14)18/h3-11H,2,18H2,1H3. The van der Waals surface area contributed by atoms with Crippen LogP contribution in [0.1, 0.15) is 12.5 Å². The number of anilines is 1. The molecule has 3 aromatic rings. The average Bonchev–Trinajstić information content (AvgIpc) is 2.97. The summed E-state index contributed by atoms with van der Waals surface area (Å²) in [5.41, 5.74) is 11.3. The Hall–Kier alpha value is -2.13. The minimum Gasteiger partial charge on any atom is -0.398 e. The highest BCUT2D eigenvalue weighted by Crippen LogP contribution is 2.31. The fourth-order valence-electron chi connectivity index (χ4n) is 2.13. The number of thiazole rings is 1. The Morgan fingerprint density at radius 3 is 2.50 bits per heavy atom. The lowest BCUT2D eigenvalue weighted by molar-refractivity contribution is 1.14. The molecular weight excluding hydrogens is 264 g/mol. The van der Waals surface area contributed by atoms with E-state index in [1.807, 2.05) is 24.3 Å². The summed E-state index contributed by atoms with van der Waals surface area (Å²) in [6.45, 7) is 2.16. The van der Waals surface area contributed by atoms with Gasteiger partial charge >= 0.3 is 0 Å². The molecule has 2 aromatic carbocycles. The van der Waals surface area contributed by atoms with E-state index < -0.39 is 0 Å². The number of rotatable bonds is 3. The first-order chi connectivity index (χ1) is 9.78. The van der Waals surface area contributed by atoms with Crippen molar-refractivity contribution in [1.29, 1.82) is 0 Å². The van der Waals surface area contributed by atoms with Crippen LogP contribution in [0.5, 0.6) is 0 Å². The molecule has 0 saturated heterocycles. The van der Waals surface area contributed by atoms with E-state index in [4.69, 9.17) is 10.7 Å². The van der Waals surface area contributed by atoms with Gasteiger partial charge in [0, 0.05) is 22.2 Å². The number of aromatic nitrogens is 1. The minimum absolute atomic E-state index is 0.773. The molecule has 0 bridgehead atoms. The van der Waals surface area contributed by atoms with Gasteiger partial charge in [-0.2, -0.15) is 0 Å². The Labute approximate surface area is 122 Å². The van der Waals surface area contributed by atoms with Crippen molar-refractivity contribution in [2.24, 2.45) is 0 Å². The molecule has 2 nitrogen and oxygen atoms in total. The zero-order valence-electron chi connectivity index (χ0n) is 11.3. The maximum atomic E-state index is 6.01. The predicted molar refractivity (Wildman–Crippen MR) is 86.8 cm³/mol. The Kier molecular flexibility index (Phi) is 3.52. The van der Waals surface area contributed by atoms with Crippen LogP contribution < -0.4 is 5.73 Å². The van der Waals surface area contributed by atoms with Crippen molar-refractivity contribution < 1.29 is 0 Å². The van der Waals surface area contributed by atoms with E-state index in [-0.39, 0.29) is 0 Å².